The summed E-state index contributed by atoms with van der Waals surface area (Å²) in [5.41, 5.74) is 6.39. The van der Waals surface area contributed by atoms with E-state index in [2.05, 4.69) is 36.8 Å². The summed E-state index contributed by atoms with van der Waals surface area (Å²) in [6.07, 6.45) is 1.62. The molecule has 0 radical (unpaired) electrons. The third-order valence-electron chi connectivity index (χ3n) is 2.21. The molecule has 1 heterocycles. The first-order chi connectivity index (χ1) is 8.60. The second kappa shape index (κ2) is 5.77. The molecular weight excluding hydrogens is 367 g/mol. The summed E-state index contributed by atoms with van der Waals surface area (Å²) in [5, 5.41) is 0. The Balaban J connectivity index is 2.33. The molecule has 0 fully saturated rings. The van der Waals surface area contributed by atoms with Crippen LogP contribution in [-0.4, -0.2) is 4.98 Å². The van der Waals surface area contributed by atoms with Crippen molar-refractivity contribution in [3.63, 3.8) is 0 Å². The highest BCUT2D eigenvalue weighted by Crippen LogP contribution is 2.31. The third kappa shape index (κ3) is 3.07. The van der Waals surface area contributed by atoms with Crippen LogP contribution in [0.25, 0.3) is 0 Å². The summed E-state index contributed by atoms with van der Waals surface area (Å²) in [5.74, 6) is 0.561. The predicted molar refractivity (Wildman–Crippen MR) is 74.0 cm³/mol. The second-order valence-electron chi connectivity index (χ2n) is 3.50. The van der Waals surface area contributed by atoms with Crippen molar-refractivity contribution in [2.45, 2.75) is 6.54 Å². The van der Waals surface area contributed by atoms with E-state index in [-0.39, 0.29) is 5.82 Å². The zero-order chi connectivity index (χ0) is 13.1. The van der Waals surface area contributed by atoms with Crippen molar-refractivity contribution >= 4 is 31.9 Å². The maximum Gasteiger partial charge on any atom is 0.223 e. The topological polar surface area (TPSA) is 48.1 Å². The summed E-state index contributed by atoms with van der Waals surface area (Å²) in [6.45, 7) is 0.306. The third-order valence-corrected chi connectivity index (χ3v) is 3.27. The SMILES string of the molecule is NCc1cc(Br)cnc1Oc1ccc(F)cc1Br. The molecule has 0 aliphatic heterocycles. The Labute approximate surface area is 120 Å². The number of nitrogens with zero attached hydrogens (tertiary/aromatic N) is 1. The summed E-state index contributed by atoms with van der Waals surface area (Å²) < 4.78 is 19.9. The molecule has 0 atom stereocenters. The van der Waals surface area contributed by atoms with Crippen LogP contribution in [0.2, 0.25) is 0 Å². The first kappa shape index (κ1) is 13.5. The van der Waals surface area contributed by atoms with Crippen LogP contribution < -0.4 is 10.5 Å². The minimum Gasteiger partial charge on any atom is -0.438 e. The zero-order valence-electron chi connectivity index (χ0n) is 9.16. The van der Waals surface area contributed by atoms with Crippen LogP contribution in [0.1, 0.15) is 5.56 Å². The fraction of sp³-hybridized carbons (Fsp3) is 0.0833. The molecule has 0 unspecified atom stereocenters. The van der Waals surface area contributed by atoms with Crippen LogP contribution in [0.3, 0.4) is 0 Å². The largest absolute Gasteiger partial charge is 0.438 e. The number of ether oxygens (including phenoxy) is 1. The zero-order valence-corrected chi connectivity index (χ0v) is 12.3. The van der Waals surface area contributed by atoms with Gasteiger partial charge >= 0.3 is 0 Å². The maximum atomic E-state index is 13.0. The molecule has 3 nitrogen and oxygen atoms in total. The Hall–Kier alpha value is -0.980. The van der Waals surface area contributed by atoms with Gasteiger partial charge in [0.1, 0.15) is 11.6 Å². The van der Waals surface area contributed by atoms with Crippen LogP contribution in [-0.2, 0) is 6.54 Å². The molecule has 2 N–H and O–H groups in total. The van der Waals surface area contributed by atoms with Crippen LogP contribution in [0, 0.1) is 5.82 Å². The average Bonchev–Trinajstić information content (AvgIpc) is 2.34. The van der Waals surface area contributed by atoms with Gasteiger partial charge < -0.3 is 10.5 Å². The normalized spacial score (nSPS) is 10.4. The Kier molecular flexibility index (Phi) is 4.31. The molecule has 0 bridgehead atoms. The molecular formula is C12H9Br2FN2O. The van der Waals surface area contributed by atoms with E-state index in [4.69, 9.17) is 10.5 Å². The first-order valence-corrected chi connectivity index (χ1v) is 6.66. The molecule has 0 saturated heterocycles. The first-order valence-electron chi connectivity index (χ1n) is 5.07. The van der Waals surface area contributed by atoms with Crippen LogP contribution in [0.5, 0.6) is 11.6 Å². The summed E-state index contributed by atoms with van der Waals surface area (Å²) >= 11 is 6.55. The van der Waals surface area contributed by atoms with E-state index in [0.29, 0.717) is 22.6 Å². The minimum atomic E-state index is -0.336. The molecule has 0 aliphatic rings. The van der Waals surface area contributed by atoms with Crippen LogP contribution >= 0.6 is 31.9 Å². The van der Waals surface area contributed by atoms with E-state index in [0.717, 1.165) is 10.0 Å². The second-order valence-corrected chi connectivity index (χ2v) is 5.27. The average molecular weight is 376 g/mol. The molecule has 0 saturated carbocycles. The number of hydrogen-bond donors (Lipinski definition) is 1. The summed E-state index contributed by atoms with van der Waals surface area (Å²) in [6, 6.07) is 6.01. The Morgan fingerprint density at radius 1 is 1.28 bits per heavy atom. The number of hydrogen-bond acceptors (Lipinski definition) is 3. The van der Waals surface area contributed by atoms with Crippen LogP contribution in [0.4, 0.5) is 4.39 Å². The van der Waals surface area contributed by atoms with Gasteiger partial charge in [-0.25, -0.2) is 9.37 Å². The van der Waals surface area contributed by atoms with Crippen molar-refractivity contribution in [3.8, 4) is 11.6 Å². The summed E-state index contributed by atoms with van der Waals surface area (Å²) in [4.78, 5) is 4.14. The van der Waals surface area contributed by atoms with Crippen molar-refractivity contribution in [1.29, 1.82) is 0 Å². The number of benzene rings is 1. The van der Waals surface area contributed by atoms with Crippen molar-refractivity contribution < 1.29 is 9.13 Å². The molecule has 2 aromatic rings. The lowest BCUT2D eigenvalue weighted by Crippen LogP contribution is -2.01. The molecule has 0 spiro atoms. The molecule has 0 aliphatic carbocycles. The predicted octanol–water partition coefficient (Wildman–Crippen LogP) is 4.00. The van der Waals surface area contributed by atoms with Gasteiger partial charge in [-0.2, -0.15) is 0 Å². The lowest BCUT2D eigenvalue weighted by molar-refractivity contribution is 0.451. The van der Waals surface area contributed by atoms with Gasteiger partial charge in [-0.05, 0) is 56.1 Å². The number of aromatic nitrogens is 1. The van der Waals surface area contributed by atoms with Gasteiger partial charge in [0.2, 0.25) is 5.88 Å². The molecule has 94 valence electrons. The van der Waals surface area contributed by atoms with Crippen molar-refractivity contribution in [2.24, 2.45) is 5.73 Å². The molecule has 1 aromatic heterocycles. The quantitative estimate of drug-likeness (QED) is 0.882. The Bertz CT molecular complexity index is 578. The Morgan fingerprint density at radius 2 is 2.06 bits per heavy atom. The minimum absolute atomic E-state index is 0.306. The van der Waals surface area contributed by atoms with Gasteiger partial charge in [0.15, 0.2) is 0 Å². The van der Waals surface area contributed by atoms with Gasteiger partial charge in [-0.15, -0.1) is 0 Å². The van der Waals surface area contributed by atoms with E-state index in [9.17, 15) is 4.39 Å². The van der Waals surface area contributed by atoms with Crippen molar-refractivity contribution in [2.75, 3.05) is 0 Å². The summed E-state index contributed by atoms with van der Waals surface area (Å²) in [7, 11) is 0. The highest BCUT2D eigenvalue weighted by molar-refractivity contribution is 9.10. The number of nitrogens with two attached hydrogens (primary N) is 1. The monoisotopic (exact) mass is 374 g/mol. The Morgan fingerprint density at radius 3 is 2.72 bits per heavy atom. The molecule has 18 heavy (non-hydrogen) atoms. The fourth-order valence-corrected chi connectivity index (χ4v) is 2.18. The van der Waals surface area contributed by atoms with E-state index in [1.165, 1.54) is 18.2 Å². The standard InChI is InChI=1S/C12H9Br2FN2O/c13-8-3-7(5-16)12(17-6-8)18-11-2-1-9(15)4-10(11)14/h1-4,6H,5,16H2. The number of pyridine rings is 1. The highest BCUT2D eigenvalue weighted by Gasteiger charge is 2.09. The van der Waals surface area contributed by atoms with E-state index < -0.39 is 0 Å². The molecule has 1 aromatic carbocycles. The molecule has 6 heteroatoms. The smallest absolute Gasteiger partial charge is 0.223 e. The molecule has 0 amide bonds. The van der Waals surface area contributed by atoms with Crippen molar-refractivity contribution in [3.05, 3.63) is 50.8 Å². The maximum absolute atomic E-state index is 13.0. The van der Waals surface area contributed by atoms with Crippen molar-refractivity contribution in [1.82, 2.24) is 4.98 Å². The van der Waals surface area contributed by atoms with Gasteiger partial charge in [0, 0.05) is 22.8 Å². The number of halogens is 3. The van der Waals surface area contributed by atoms with Crippen LogP contribution in [0.15, 0.2) is 39.4 Å². The fourth-order valence-electron chi connectivity index (χ4n) is 1.37. The lowest BCUT2D eigenvalue weighted by atomic mass is 10.3. The van der Waals surface area contributed by atoms with Gasteiger partial charge in [0.05, 0.1) is 4.47 Å². The highest BCUT2D eigenvalue weighted by atomic mass is 79.9. The van der Waals surface area contributed by atoms with Gasteiger partial charge in [-0.1, -0.05) is 0 Å². The molecule has 2 rings (SSSR count). The van der Waals surface area contributed by atoms with Gasteiger partial charge in [-0.3, -0.25) is 0 Å². The number of rotatable bonds is 3. The van der Waals surface area contributed by atoms with E-state index in [1.54, 1.807) is 6.20 Å². The van der Waals surface area contributed by atoms with Gasteiger partial charge in [0.25, 0.3) is 0 Å². The lowest BCUT2D eigenvalue weighted by Gasteiger charge is -2.10. The van der Waals surface area contributed by atoms with E-state index in [1.807, 2.05) is 6.07 Å². The van der Waals surface area contributed by atoms with E-state index >= 15 is 0 Å².